The molecular formula is C12H23NO2. The van der Waals surface area contributed by atoms with Crippen LogP contribution in [0.25, 0.3) is 0 Å². The predicted octanol–water partition coefficient (Wildman–Crippen LogP) is 1.71. The summed E-state index contributed by atoms with van der Waals surface area (Å²) in [5, 5.41) is 3.49. The lowest BCUT2D eigenvalue weighted by molar-refractivity contribution is -0.0709. The Hall–Kier alpha value is -0.120. The van der Waals surface area contributed by atoms with Crippen LogP contribution < -0.4 is 5.32 Å². The van der Waals surface area contributed by atoms with E-state index in [1.165, 1.54) is 32.1 Å². The monoisotopic (exact) mass is 213 g/mol. The molecule has 88 valence electrons. The molecule has 1 aliphatic heterocycles. The van der Waals surface area contributed by atoms with Gasteiger partial charge >= 0.3 is 0 Å². The van der Waals surface area contributed by atoms with Gasteiger partial charge in [0.2, 0.25) is 0 Å². The molecule has 0 radical (unpaired) electrons. The van der Waals surface area contributed by atoms with Gasteiger partial charge in [-0.1, -0.05) is 0 Å². The highest BCUT2D eigenvalue weighted by molar-refractivity contribution is 4.91. The molecule has 1 heterocycles. The highest BCUT2D eigenvalue weighted by Crippen LogP contribution is 2.34. The van der Waals surface area contributed by atoms with E-state index in [0.717, 1.165) is 13.1 Å². The summed E-state index contributed by atoms with van der Waals surface area (Å²) in [7, 11) is 1.83. The molecule has 1 aliphatic carbocycles. The molecule has 2 fully saturated rings. The lowest BCUT2D eigenvalue weighted by Crippen LogP contribution is -2.49. The number of methoxy groups -OCH3 is 1. The van der Waals surface area contributed by atoms with E-state index < -0.39 is 0 Å². The molecule has 0 bridgehead atoms. The van der Waals surface area contributed by atoms with Gasteiger partial charge in [-0.2, -0.15) is 0 Å². The summed E-state index contributed by atoms with van der Waals surface area (Å²) in [6.07, 6.45) is 7.02. The topological polar surface area (TPSA) is 30.5 Å². The number of rotatable bonds is 5. The van der Waals surface area contributed by atoms with Crippen LogP contribution in [-0.4, -0.2) is 38.0 Å². The summed E-state index contributed by atoms with van der Waals surface area (Å²) in [5.41, 5.74) is 0.143. The van der Waals surface area contributed by atoms with Gasteiger partial charge in [0.05, 0.1) is 17.8 Å². The van der Waals surface area contributed by atoms with Crippen LogP contribution in [0.15, 0.2) is 0 Å². The smallest absolute Gasteiger partial charge is 0.0802 e. The van der Waals surface area contributed by atoms with E-state index in [1.807, 2.05) is 7.11 Å². The fraction of sp³-hybridized carbons (Fsp3) is 1.00. The number of hydrogen-bond donors (Lipinski definition) is 1. The van der Waals surface area contributed by atoms with Crippen molar-refractivity contribution in [2.24, 2.45) is 0 Å². The first-order chi connectivity index (χ1) is 7.24. The predicted molar refractivity (Wildman–Crippen MR) is 60.0 cm³/mol. The van der Waals surface area contributed by atoms with E-state index in [4.69, 9.17) is 9.47 Å². The lowest BCUT2D eigenvalue weighted by Gasteiger charge is -2.40. The van der Waals surface area contributed by atoms with Crippen molar-refractivity contribution in [2.45, 2.75) is 56.8 Å². The summed E-state index contributed by atoms with van der Waals surface area (Å²) < 4.78 is 11.3. The van der Waals surface area contributed by atoms with E-state index >= 15 is 0 Å². The van der Waals surface area contributed by atoms with Gasteiger partial charge in [-0.15, -0.1) is 0 Å². The van der Waals surface area contributed by atoms with Crippen LogP contribution >= 0.6 is 0 Å². The second-order valence-corrected chi connectivity index (χ2v) is 5.02. The summed E-state index contributed by atoms with van der Waals surface area (Å²) >= 11 is 0. The molecule has 0 amide bonds. The minimum absolute atomic E-state index is 0.143. The van der Waals surface area contributed by atoms with Gasteiger partial charge in [0.1, 0.15) is 0 Å². The summed E-state index contributed by atoms with van der Waals surface area (Å²) in [6.45, 7) is 4.12. The van der Waals surface area contributed by atoms with Gasteiger partial charge in [0, 0.05) is 20.2 Å². The molecule has 3 nitrogen and oxygen atoms in total. The van der Waals surface area contributed by atoms with Gasteiger partial charge in [0.15, 0.2) is 0 Å². The molecule has 0 aromatic heterocycles. The summed E-state index contributed by atoms with van der Waals surface area (Å²) in [5.74, 6) is 0. The molecule has 0 aromatic carbocycles. The average molecular weight is 213 g/mol. The van der Waals surface area contributed by atoms with Crippen molar-refractivity contribution in [3.05, 3.63) is 0 Å². The maximum atomic E-state index is 5.76. The molecule has 1 N–H and O–H groups in total. The van der Waals surface area contributed by atoms with Crippen LogP contribution in [0.5, 0.6) is 0 Å². The number of nitrogens with one attached hydrogen (secondary N) is 1. The van der Waals surface area contributed by atoms with Gasteiger partial charge in [-0.25, -0.2) is 0 Å². The van der Waals surface area contributed by atoms with Crippen LogP contribution in [-0.2, 0) is 9.47 Å². The molecule has 2 rings (SSSR count). The Bertz CT molecular complexity index is 198. The molecule has 1 saturated heterocycles. The molecule has 0 aromatic rings. The quantitative estimate of drug-likeness (QED) is 0.754. The lowest BCUT2D eigenvalue weighted by atomic mass is 9.80. The van der Waals surface area contributed by atoms with Crippen molar-refractivity contribution in [1.82, 2.24) is 5.32 Å². The maximum absolute atomic E-state index is 5.76. The molecule has 2 unspecified atom stereocenters. The standard InChI is InChI=1S/C12H23NO2/c1-10-4-5-11(15-10)8-13-9-12(14-2)6-3-7-12/h10-11,13H,3-9H2,1-2H3. The Morgan fingerprint density at radius 1 is 1.40 bits per heavy atom. The fourth-order valence-corrected chi connectivity index (χ4v) is 2.52. The van der Waals surface area contributed by atoms with Crippen molar-refractivity contribution in [1.29, 1.82) is 0 Å². The first-order valence-corrected chi connectivity index (χ1v) is 6.15. The molecule has 15 heavy (non-hydrogen) atoms. The number of ether oxygens (including phenoxy) is 2. The van der Waals surface area contributed by atoms with Crippen LogP contribution in [0, 0.1) is 0 Å². The summed E-state index contributed by atoms with van der Waals surface area (Å²) in [4.78, 5) is 0. The second kappa shape index (κ2) is 4.81. The largest absolute Gasteiger partial charge is 0.377 e. The SMILES string of the molecule is COC1(CNCC2CCC(C)O2)CCC1. The third-order valence-corrected chi connectivity index (χ3v) is 3.84. The van der Waals surface area contributed by atoms with Gasteiger partial charge in [0.25, 0.3) is 0 Å². The first-order valence-electron chi connectivity index (χ1n) is 6.15. The Balaban J connectivity index is 1.62. The fourth-order valence-electron chi connectivity index (χ4n) is 2.52. The minimum atomic E-state index is 0.143. The number of hydrogen-bond acceptors (Lipinski definition) is 3. The van der Waals surface area contributed by atoms with Crippen LogP contribution in [0.1, 0.15) is 39.0 Å². The summed E-state index contributed by atoms with van der Waals surface area (Å²) in [6, 6.07) is 0. The zero-order valence-electron chi connectivity index (χ0n) is 9.92. The Kier molecular flexibility index (Phi) is 3.65. The molecular weight excluding hydrogens is 190 g/mol. The zero-order valence-corrected chi connectivity index (χ0v) is 9.92. The highest BCUT2D eigenvalue weighted by atomic mass is 16.5. The molecule has 2 atom stereocenters. The Morgan fingerprint density at radius 2 is 2.20 bits per heavy atom. The van der Waals surface area contributed by atoms with Crippen LogP contribution in [0.3, 0.4) is 0 Å². The second-order valence-electron chi connectivity index (χ2n) is 5.02. The minimum Gasteiger partial charge on any atom is -0.377 e. The van der Waals surface area contributed by atoms with Crippen LogP contribution in [0.4, 0.5) is 0 Å². The zero-order chi connectivity index (χ0) is 10.7. The third-order valence-electron chi connectivity index (χ3n) is 3.84. The highest BCUT2D eigenvalue weighted by Gasteiger charge is 2.36. The van der Waals surface area contributed by atoms with Gasteiger partial charge < -0.3 is 14.8 Å². The normalized spacial score (nSPS) is 34.0. The average Bonchev–Trinajstić information content (AvgIpc) is 2.56. The molecule has 2 aliphatic rings. The van der Waals surface area contributed by atoms with E-state index in [-0.39, 0.29) is 5.60 Å². The van der Waals surface area contributed by atoms with Crippen molar-refractivity contribution in [3.63, 3.8) is 0 Å². The third kappa shape index (κ3) is 2.71. The van der Waals surface area contributed by atoms with Crippen molar-refractivity contribution < 1.29 is 9.47 Å². The van der Waals surface area contributed by atoms with Gasteiger partial charge in [-0.3, -0.25) is 0 Å². The molecule has 3 heteroatoms. The molecule has 0 spiro atoms. The van der Waals surface area contributed by atoms with Crippen LogP contribution in [0.2, 0.25) is 0 Å². The van der Waals surface area contributed by atoms with E-state index in [2.05, 4.69) is 12.2 Å². The first kappa shape index (κ1) is 11.4. The Labute approximate surface area is 92.5 Å². The van der Waals surface area contributed by atoms with Crippen molar-refractivity contribution >= 4 is 0 Å². The van der Waals surface area contributed by atoms with Crippen molar-refractivity contribution in [2.75, 3.05) is 20.2 Å². The maximum Gasteiger partial charge on any atom is 0.0802 e. The van der Waals surface area contributed by atoms with E-state index in [9.17, 15) is 0 Å². The van der Waals surface area contributed by atoms with Gasteiger partial charge in [-0.05, 0) is 39.0 Å². The Morgan fingerprint density at radius 3 is 2.67 bits per heavy atom. The van der Waals surface area contributed by atoms with E-state index in [1.54, 1.807) is 0 Å². The van der Waals surface area contributed by atoms with E-state index in [0.29, 0.717) is 12.2 Å². The van der Waals surface area contributed by atoms with Crippen molar-refractivity contribution in [3.8, 4) is 0 Å². The molecule has 1 saturated carbocycles.